The molecule has 5 nitrogen and oxygen atoms in total. The molecular formula is C19H23FN4O. The second-order valence-corrected chi connectivity index (χ2v) is 7.01. The van der Waals surface area contributed by atoms with E-state index >= 15 is 0 Å². The van der Waals surface area contributed by atoms with Gasteiger partial charge in [-0.25, -0.2) is 4.39 Å². The molecule has 6 heteroatoms. The Morgan fingerprint density at radius 3 is 2.56 bits per heavy atom. The van der Waals surface area contributed by atoms with E-state index in [4.69, 9.17) is 0 Å². The number of rotatable bonds is 4. The van der Waals surface area contributed by atoms with Gasteiger partial charge in [0.15, 0.2) is 0 Å². The Kier molecular flexibility index (Phi) is 5.29. The number of carbonyl (C=O) groups is 1. The first-order valence-corrected chi connectivity index (χ1v) is 8.07. The number of halogens is 1. The van der Waals surface area contributed by atoms with E-state index < -0.39 is 0 Å². The highest BCUT2D eigenvalue weighted by Gasteiger charge is 2.21. The van der Waals surface area contributed by atoms with Crippen LogP contribution in [-0.2, 0) is 4.79 Å². The highest BCUT2D eigenvalue weighted by atomic mass is 19.1. The fraction of sp³-hybridized carbons (Fsp3) is 0.368. The van der Waals surface area contributed by atoms with Crippen molar-refractivity contribution in [2.45, 2.75) is 40.2 Å². The smallest absolute Gasteiger partial charge is 0.239 e. The lowest BCUT2D eigenvalue weighted by Gasteiger charge is -2.20. The second kappa shape index (κ2) is 7.08. The van der Waals surface area contributed by atoms with E-state index in [2.05, 4.69) is 16.7 Å². The topological polar surface area (TPSA) is 69.8 Å². The summed E-state index contributed by atoms with van der Waals surface area (Å²) in [5, 5.41) is 15.4. The van der Waals surface area contributed by atoms with Gasteiger partial charge in [0, 0.05) is 11.2 Å². The van der Waals surface area contributed by atoms with Crippen LogP contribution in [0, 0.1) is 31.0 Å². The third-order valence-corrected chi connectivity index (χ3v) is 3.93. The first-order chi connectivity index (χ1) is 11.6. The van der Waals surface area contributed by atoms with Crippen molar-refractivity contribution in [3.8, 4) is 11.8 Å². The highest BCUT2D eigenvalue weighted by molar-refractivity contribution is 5.93. The van der Waals surface area contributed by atoms with Crippen LogP contribution in [0.15, 0.2) is 24.3 Å². The zero-order valence-corrected chi connectivity index (χ0v) is 15.2. The quantitative estimate of drug-likeness (QED) is 0.894. The summed E-state index contributed by atoms with van der Waals surface area (Å²) in [6.45, 7) is 9.65. The normalized spacial score (nSPS) is 11.2. The number of anilines is 1. The number of aromatic nitrogens is 1. The molecule has 1 aromatic heterocycles. The van der Waals surface area contributed by atoms with Gasteiger partial charge in [-0.2, -0.15) is 5.26 Å². The molecular weight excluding hydrogens is 319 g/mol. The van der Waals surface area contributed by atoms with Crippen LogP contribution >= 0.6 is 0 Å². The molecule has 0 atom stereocenters. The number of carbonyl (C=O) groups excluding carboxylic acids is 1. The molecule has 1 aromatic carbocycles. The van der Waals surface area contributed by atoms with Crippen LogP contribution in [0.5, 0.6) is 0 Å². The van der Waals surface area contributed by atoms with Gasteiger partial charge in [0.25, 0.3) is 0 Å². The third-order valence-electron chi connectivity index (χ3n) is 3.93. The van der Waals surface area contributed by atoms with E-state index in [1.165, 1.54) is 12.1 Å². The van der Waals surface area contributed by atoms with Crippen molar-refractivity contribution >= 4 is 11.7 Å². The molecule has 0 bridgehead atoms. The summed E-state index contributed by atoms with van der Waals surface area (Å²) in [6, 6.07) is 8.19. The van der Waals surface area contributed by atoms with Crippen molar-refractivity contribution in [1.29, 1.82) is 5.26 Å². The Balaban J connectivity index is 2.44. The predicted octanol–water partition coefficient (Wildman–Crippen LogP) is 3.43. The SMILES string of the molecule is Cc1c(C#N)c(NC(=O)CNC(C)(C)C)n(-c2cccc(F)c2)c1C. The molecule has 0 fully saturated rings. The molecule has 0 aliphatic heterocycles. The van der Waals surface area contributed by atoms with Gasteiger partial charge in [0.2, 0.25) is 5.91 Å². The maximum absolute atomic E-state index is 13.6. The zero-order valence-electron chi connectivity index (χ0n) is 15.2. The monoisotopic (exact) mass is 342 g/mol. The summed E-state index contributed by atoms with van der Waals surface area (Å²) in [7, 11) is 0. The van der Waals surface area contributed by atoms with E-state index in [0.717, 1.165) is 11.3 Å². The van der Waals surface area contributed by atoms with Crippen molar-refractivity contribution in [2.75, 3.05) is 11.9 Å². The highest BCUT2D eigenvalue weighted by Crippen LogP contribution is 2.30. The largest absolute Gasteiger partial charge is 0.310 e. The van der Waals surface area contributed by atoms with Crippen molar-refractivity contribution < 1.29 is 9.18 Å². The predicted molar refractivity (Wildman–Crippen MR) is 96.3 cm³/mol. The van der Waals surface area contributed by atoms with Crippen molar-refractivity contribution in [3.05, 3.63) is 46.9 Å². The number of benzene rings is 1. The number of hydrogen-bond acceptors (Lipinski definition) is 3. The molecule has 132 valence electrons. The van der Waals surface area contributed by atoms with Gasteiger partial charge >= 0.3 is 0 Å². The number of hydrogen-bond donors (Lipinski definition) is 2. The minimum absolute atomic E-state index is 0.112. The minimum Gasteiger partial charge on any atom is -0.310 e. The molecule has 2 N–H and O–H groups in total. The summed E-state index contributed by atoms with van der Waals surface area (Å²) in [5.74, 6) is -0.279. The summed E-state index contributed by atoms with van der Waals surface area (Å²) < 4.78 is 15.3. The summed E-state index contributed by atoms with van der Waals surface area (Å²) in [6.07, 6.45) is 0. The first kappa shape index (κ1) is 18.7. The Bertz CT molecular complexity index is 840. The van der Waals surface area contributed by atoms with Crippen molar-refractivity contribution in [2.24, 2.45) is 0 Å². The second-order valence-electron chi connectivity index (χ2n) is 7.01. The minimum atomic E-state index is -0.381. The molecule has 0 saturated heterocycles. The summed E-state index contributed by atoms with van der Waals surface area (Å²) in [4.78, 5) is 12.3. The van der Waals surface area contributed by atoms with Gasteiger partial charge in [-0.3, -0.25) is 9.36 Å². The Hall–Kier alpha value is -2.65. The first-order valence-electron chi connectivity index (χ1n) is 8.07. The Morgan fingerprint density at radius 2 is 2.00 bits per heavy atom. The van der Waals surface area contributed by atoms with E-state index in [-0.39, 0.29) is 23.8 Å². The lowest BCUT2D eigenvalue weighted by atomic mass is 10.1. The molecule has 0 unspecified atom stereocenters. The average molecular weight is 342 g/mol. The molecule has 25 heavy (non-hydrogen) atoms. The number of nitriles is 1. The molecule has 0 saturated carbocycles. The summed E-state index contributed by atoms with van der Waals surface area (Å²) in [5.41, 5.74) is 2.27. The van der Waals surface area contributed by atoms with Crippen LogP contribution in [0.2, 0.25) is 0 Å². The number of amides is 1. The molecule has 1 amide bonds. The van der Waals surface area contributed by atoms with Crippen LogP contribution in [0.1, 0.15) is 37.6 Å². The molecule has 0 radical (unpaired) electrons. The van der Waals surface area contributed by atoms with E-state index in [1.54, 1.807) is 16.7 Å². The van der Waals surface area contributed by atoms with Gasteiger partial charge in [0.1, 0.15) is 17.7 Å². The standard InChI is InChI=1S/C19H23FN4O/c1-12-13(2)24(15-8-6-7-14(20)9-15)18(16(12)10-21)23-17(25)11-22-19(3,4)5/h6-9,22H,11H2,1-5H3,(H,23,25). The third kappa shape index (κ3) is 4.25. The van der Waals surface area contributed by atoms with Crippen molar-refractivity contribution in [1.82, 2.24) is 9.88 Å². The lowest BCUT2D eigenvalue weighted by molar-refractivity contribution is -0.115. The summed E-state index contributed by atoms with van der Waals surface area (Å²) >= 11 is 0. The maximum atomic E-state index is 13.6. The lowest BCUT2D eigenvalue weighted by Crippen LogP contribution is -2.41. The van der Waals surface area contributed by atoms with Gasteiger partial charge < -0.3 is 10.6 Å². The molecule has 0 aliphatic rings. The van der Waals surface area contributed by atoms with E-state index in [1.807, 2.05) is 34.6 Å². The number of nitrogens with one attached hydrogen (secondary N) is 2. The molecule has 0 spiro atoms. The van der Waals surface area contributed by atoms with E-state index in [0.29, 0.717) is 17.1 Å². The zero-order chi connectivity index (χ0) is 18.8. The van der Waals surface area contributed by atoms with Crippen LogP contribution in [0.3, 0.4) is 0 Å². The number of nitrogens with zero attached hydrogens (tertiary/aromatic N) is 2. The van der Waals surface area contributed by atoms with Gasteiger partial charge in [-0.15, -0.1) is 0 Å². The van der Waals surface area contributed by atoms with Gasteiger partial charge in [-0.1, -0.05) is 6.07 Å². The van der Waals surface area contributed by atoms with Crippen LogP contribution < -0.4 is 10.6 Å². The van der Waals surface area contributed by atoms with Gasteiger partial charge in [0.05, 0.1) is 17.8 Å². The Labute approximate surface area is 147 Å². The average Bonchev–Trinajstić information content (AvgIpc) is 2.75. The fourth-order valence-electron chi connectivity index (χ4n) is 2.52. The van der Waals surface area contributed by atoms with Crippen LogP contribution in [0.25, 0.3) is 5.69 Å². The van der Waals surface area contributed by atoms with Crippen LogP contribution in [0.4, 0.5) is 10.2 Å². The van der Waals surface area contributed by atoms with E-state index in [9.17, 15) is 14.4 Å². The molecule has 2 aromatic rings. The Morgan fingerprint density at radius 1 is 1.32 bits per heavy atom. The van der Waals surface area contributed by atoms with Crippen LogP contribution in [-0.4, -0.2) is 22.6 Å². The molecule has 0 aliphatic carbocycles. The maximum Gasteiger partial charge on any atom is 0.239 e. The van der Waals surface area contributed by atoms with Gasteiger partial charge in [-0.05, 0) is 58.4 Å². The fourth-order valence-corrected chi connectivity index (χ4v) is 2.52. The molecule has 2 rings (SSSR count). The molecule has 1 heterocycles. The van der Waals surface area contributed by atoms with Crippen molar-refractivity contribution in [3.63, 3.8) is 0 Å².